The Hall–Kier alpha value is -0.910. The lowest BCUT2D eigenvalue weighted by molar-refractivity contribution is -0.142. The number of hydroxylamine groups is 2. The zero-order valence-electron chi connectivity index (χ0n) is 8.76. The van der Waals surface area contributed by atoms with Gasteiger partial charge in [0.15, 0.2) is 0 Å². The zero-order valence-corrected chi connectivity index (χ0v) is 10.3. The molecule has 0 radical (unpaired) electrons. The Morgan fingerprint density at radius 2 is 2.25 bits per heavy atom. The standard InChI is InChI=1S/C11H12BrNO3/c1-13-10(8(6-16-13)11(14)15)7-4-2-3-5-9(7)12/h2-5,8,10H,6H2,1H3,(H,14,15). The topological polar surface area (TPSA) is 49.8 Å². The summed E-state index contributed by atoms with van der Waals surface area (Å²) in [7, 11) is 1.76. The summed E-state index contributed by atoms with van der Waals surface area (Å²) < 4.78 is 0.906. The second kappa shape index (κ2) is 4.53. The minimum atomic E-state index is -0.829. The average molecular weight is 286 g/mol. The van der Waals surface area contributed by atoms with Gasteiger partial charge in [-0.15, -0.1) is 0 Å². The first-order chi connectivity index (χ1) is 7.61. The number of rotatable bonds is 2. The molecule has 86 valence electrons. The van der Waals surface area contributed by atoms with Crippen molar-refractivity contribution in [3.63, 3.8) is 0 Å². The molecule has 1 aliphatic heterocycles. The van der Waals surface area contributed by atoms with Crippen molar-refractivity contribution in [1.29, 1.82) is 0 Å². The van der Waals surface area contributed by atoms with Crippen molar-refractivity contribution in [3.05, 3.63) is 34.3 Å². The van der Waals surface area contributed by atoms with Crippen LogP contribution in [-0.4, -0.2) is 29.8 Å². The highest BCUT2D eigenvalue weighted by Gasteiger charge is 2.40. The maximum absolute atomic E-state index is 11.1. The Morgan fingerprint density at radius 1 is 1.56 bits per heavy atom. The van der Waals surface area contributed by atoms with Crippen LogP contribution in [0.3, 0.4) is 0 Å². The molecule has 5 heteroatoms. The Morgan fingerprint density at radius 3 is 2.88 bits per heavy atom. The molecule has 1 saturated heterocycles. The first kappa shape index (κ1) is 11.6. The van der Waals surface area contributed by atoms with E-state index in [9.17, 15) is 4.79 Å². The number of hydrogen-bond acceptors (Lipinski definition) is 3. The molecule has 1 aliphatic rings. The summed E-state index contributed by atoms with van der Waals surface area (Å²) in [6.45, 7) is 0.220. The SMILES string of the molecule is CN1OCC(C(=O)O)C1c1ccccc1Br. The molecule has 0 bridgehead atoms. The van der Waals surface area contributed by atoms with E-state index in [-0.39, 0.29) is 12.6 Å². The molecule has 2 atom stereocenters. The predicted molar refractivity (Wildman–Crippen MR) is 61.7 cm³/mol. The number of carbonyl (C=O) groups is 1. The quantitative estimate of drug-likeness (QED) is 0.904. The summed E-state index contributed by atoms with van der Waals surface area (Å²) in [4.78, 5) is 16.4. The van der Waals surface area contributed by atoms with Crippen molar-refractivity contribution in [2.24, 2.45) is 5.92 Å². The highest BCUT2D eigenvalue weighted by atomic mass is 79.9. The molecule has 1 heterocycles. The first-order valence-corrected chi connectivity index (χ1v) is 5.73. The Bertz CT molecular complexity index is 410. The van der Waals surface area contributed by atoms with Crippen LogP contribution in [0.1, 0.15) is 11.6 Å². The number of carboxylic acid groups (broad SMARTS) is 1. The van der Waals surface area contributed by atoms with E-state index in [1.54, 1.807) is 12.1 Å². The van der Waals surface area contributed by atoms with Gasteiger partial charge in [0.2, 0.25) is 0 Å². The maximum Gasteiger partial charge on any atom is 0.310 e. The molecule has 0 aromatic heterocycles. The van der Waals surface area contributed by atoms with E-state index < -0.39 is 11.9 Å². The Balaban J connectivity index is 2.37. The lowest BCUT2D eigenvalue weighted by atomic mass is 9.95. The molecule has 1 aromatic carbocycles. The van der Waals surface area contributed by atoms with Gasteiger partial charge in [-0.3, -0.25) is 9.63 Å². The molecule has 0 saturated carbocycles. The van der Waals surface area contributed by atoms with E-state index in [2.05, 4.69) is 15.9 Å². The lowest BCUT2D eigenvalue weighted by Crippen LogP contribution is -2.25. The molecule has 2 unspecified atom stereocenters. The third kappa shape index (κ3) is 1.98. The van der Waals surface area contributed by atoms with Crippen LogP contribution in [0.2, 0.25) is 0 Å². The number of nitrogens with zero attached hydrogens (tertiary/aromatic N) is 1. The molecule has 0 aliphatic carbocycles. The monoisotopic (exact) mass is 285 g/mol. The molecule has 0 amide bonds. The second-order valence-electron chi connectivity index (χ2n) is 3.75. The molecular formula is C11H12BrNO3. The van der Waals surface area contributed by atoms with Gasteiger partial charge in [0.05, 0.1) is 12.6 Å². The van der Waals surface area contributed by atoms with Crippen molar-refractivity contribution in [3.8, 4) is 0 Å². The van der Waals surface area contributed by atoms with Gasteiger partial charge >= 0.3 is 5.97 Å². The number of hydrogen-bond donors (Lipinski definition) is 1. The summed E-state index contributed by atoms with van der Waals surface area (Å²) in [5.74, 6) is -1.35. The van der Waals surface area contributed by atoms with Crippen LogP contribution in [0, 0.1) is 5.92 Å². The zero-order chi connectivity index (χ0) is 11.7. The van der Waals surface area contributed by atoms with E-state index in [4.69, 9.17) is 9.94 Å². The van der Waals surface area contributed by atoms with Crippen molar-refractivity contribution in [2.45, 2.75) is 6.04 Å². The molecule has 1 aromatic rings. The Labute approximate surface area is 102 Å². The number of aliphatic carboxylic acids is 1. The maximum atomic E-state index is 11.1. The summed E-state index contributed by atoms with van der Waals surface area (Å²) >= 11 is 3.44. The van der Waals surface area contributed by atoms with E-state index in [0.29, 0.717) is 0 Å². The number of benzene rings is 1. The van der Waals surface area contributed by atoms with Gasteiger partial charge in [0.25, 0.3) is 0 Å². The van der Waals surface area contributed by atoms with Gasteiger partial charge in [-0.1, -0.05) is 34.1 Å². The highest BCUT2D eigenvalue weighted by Crippen LogP contribution is 2.37. The third-order valence-corrected chi connectivity index (χ3v) is 3.49. The summed E-state index contributed by atoms with van der Waals surface area (Å²) in [6, 6.07) is 7.37. The van der Waals surface area contributed by atoms with Gasteiger partial charge in [-0.2, -0.15) is 5.06 Å². The van der Waals surface area contributed by atoms with Gasteiger partial charge in [0.1, 0.15) is 5.92 Å². The molecule has 2 rings (SSSR count). The van der Waals surface area contributed by atoms with Gasteiger partial charge in [-0.25, -0.2) is 0 Å². The molecule has 16 heavy (non-hydrogen) atoms. The van der Waals surface area contributed by atoms with Crippen LogP contribution >= 0.6 is 15.9 Å². The van der Waals surface area contributed by atoms with Crippen LogP contribution in [-0.2, 0) is 9.63 Å². The van der Waals surface area contributed by atoms with E-state index in [0.717, 1.165) is 10.0 Å². The summed E-state index contributed by atoms with van der Waals surface area (Å²) in [6.07, 6.45) is 0. The number of halogens is 1. The Kier molecular flexibility index (Phi) is 3.28. The van der Waals surface area contributed by atoms with E-state index >= 15 is 0 Å². The van der Waals surface area contributed by atoms with Crippen molar-refractivity contribution in [1.82, 2.24) is 5.06 Å². The van der Waals surface area contributed by atoms with Crippen LogP contribution in [0.5, 0.6) is 0 Å². The summed E-state index contributed by atoms with van der Waals surface area (Å²) in [5.41, 5.74) is 0.940. The first-order valence-electron chi connectivity index (χ1n) is 4.94. The third-order valence-electron chi connectivity index (χ3n) is 2.77. The highest BCUT2D eigenvalue weighted by molar-refractivity contribution is 9.10. The fraction of sp³-hybridized carbons (Fsp3) is 0.364. The molecule has 4 nitrogen and oxygen atoms in total. The lowest BCUT2D eigenvalue weighted by Gasteiger charge is -2.21. The summed E-state index contributed by atoms with van der Waals surface area (Å²) in [5, 5.41) is 10.7. The normalized spacial score (nSPS) is 25.9. The average Bonchev–Trinajstić information content (AvgIpc) is 2.61. The second-order valence-corrected chi connectivity index (χ2v) is 4.61. The number of carboxylic acids is 1. The van der Waals surface area contributed by atoms with Crippen LogP contribution in [0.15, 0.2) is 28.7 Å². The van der Waals surface area contributed by atoms with Gasteiger partial charge in [0, 0.05) is 11.5 Å². The van der Waals surface area contributed by atoms with Crippen LogP contribution in [0.25, 0.3) is 0 Å². The smallest absolute Gasteiger partial charge is 0.310 e. The van der Waals surface area contributed by atoms with E-state index in [1.165, 1.54) is 0 Å². The minimum Gasteiger partial charge on any atom is -0.481 e. The largest absolute Gasteiger partial charge is 0.481 e. The predicted octanol–water partition coefficient (Wildman–Crippen LogP) is 2.07. The van der Waals surface area contributed by atoms with Crippen molar-refractivity contribution < 1.29 is 14.7 Å². The fourth-order valence-corrected chi connectivity index (χ4v) is 2.48. The molecule has 0 spiro atoms. The molecular weight excluding hydrogens is 274 g/mol. The van der Waals surface area contributed by atoms with Crippen LogP contribution < -0.4 is 0 Å². The van der Waals surface area contributed by atoms with Crippen LogP contribution in [0.4, 0.5) is 0 Å². The van der Waals surface area contributed by atoms with Gasteiger partial charge < -0.3 is 5.11 Å². The fourth-order valence-electron chi connectivity index (χ4n) is 1.96. The molecule has 1 fully saturated rings. The van der Waals surface area contributed by atoms with Crippen molar-refractivity contribution in [2.75, 3.05) is 13.7 Å². The van der Waals surface area contributed by atoms with E-state index in [1.807, 2.05) is 24.3 Å². The van der Waals surface area contributed by atoms with Crippen molar-refractivity contribution >= 4 is 21.9 Å². The van der Waals surface area contributed by atoms with Gasteiger partial charge in [-0.05, 0) is 11.6 Å². The molecule has 1 N–H and O–H groups in total. The minimum absolute atomic E-state index is 0.220.